The first-order chi connectivity index (χ1) is 20.6. The van der Waals surface area contributed by atoms with Gasteiger partial charge in [-0.25, -0.2) is 0 Å². The van der Waals surface area contributed by atoms with Crippen molar-refractivity contribution in [2.75, 3.05) is 13.7 Å². The summed E-state index contributed by atoms with van der Waals surface area (Å²) >= 11 is 1.61. The summed E-state index contributed by atoms with van der Waals surface area (Å²) in [5.41, 5.74) is 4.75. The van der Waals surface area contributed by atoms with Gasteiger partial charge in [0.2, 0.25) is 0 Å². The van der Waals surface area contributed by atoms with Crippen LogP contribution in [0.4, 0.5) is 0 Å². The number of aliphatic hydroxyl groups is 1. The summed E-state index contributed by atoms with van der Waals surface area (Å²) < 4.78 is 5.34. The second-order valence-electron chi connectivity index (χ2n) is 11.0. The van der Waals surface area contributed by atoms with E-state index < -0.39 is 12.1 Å². The van der Waals surface area contributed by atoms with Crippen LogP contribution in [0.25, 0.3) is 0 Å². The number of ether oxygens (including phenoxy) is 1. The van der Waals surface area contributed by atoms with Crippen LogP contribution < -0.4 is 20.7 Å². The van der Waals surface area contributed by atoms with Crippen molar-refractivity contribution in [3.63, 3.8) is 0 Å². The maximum atomic E-state index is 13.6. The lowest BCUT2D eigenvalue weighted by Crippen LogP contribution is -2.49. The lowest BCUT2D eigenvalue weighted by atomic mass is 9.99. The maximum Gasteiger partial charge on any atom is 0.251 e. The van der Waals surface area contributed by atoms with Crippen LogP contribution in [0.3, 0.4) is 0 Å². The Morgan fingerprint density at radius 1 is 0.860 bits per heavy atom. The molecule has 8 heteroatoms. The number of hydrogen-bond acceptors (Lipinski definition) is 6. The third kappa shape index (κ3) is 8.76. The minimum Gasteiger partial charge on any atom is -0.497 e. The smallest absolute Gasteiger partial charge is 0.251 e. The van der Waals surface area contributed by atoms with Gasteiger partial charge in [0.1, 0.15) is 5.75 Å². The molecule has 0 bridgehead atoms. The quantitative estimate of drug-likeness (QED) is 0.153. The van der Waals surface area contributed by atoms with E-state index in [1.807, 2.05) is 93.7 Å². The molecule has 0 aliphatic carbocycles. The van der Waals surface area contributed by atoms with Crippen LogP contribution in [-0.2, 0) is 6.42 Å². The molecule has 4 rings (SSSR count). The molecule has 4 N–H and O–H groups in total. The van der Waals surface area contributed by atoms with Gasteiger partial charge >= 0.3 is 0 Å². The van der Waals surface area contributed by atoms with Gasteiger partial charge < -0.3 is 25.8 Å². The third-order valence-corrected chi connectivity index (χ3v) is 8.75. The Hall–Kier alpha value is -3.98. The molecule has 1 aromatic heterocycles. The van der Waals surface area contributed by atoms with Gasteiger partial charge in [-0.2, -0.15) is 0 Å². The van der Waals surface area contributed by atoms with Gasteiger partial charge in [0.15, 0.2) is 0 Å². The second-order valence-corrected chi connectivity index (χ2v) is 11.9. The number of thiophene rings is 1. The average molecular weight is 600 g/mol. The van der Waals surface area contributed by atoms with Crippen molar-refractivity contribution in [3.05, 3.63) is 123 Å². The SMILES string of the molecule is COc1cccc([C@@H](C)NC[C@@H](O)[C@H](Cc2ccccc2)NC(=O)c2cc(C)cc(C(=O)NC(C)c3sccc3C)c2)c1. The first-order valence-corrected chi connectivity index (χ1v) is 15.4. The van der Waals surface area contributed by atoms with Gasteiger partial charge in [-0.3, -0.25) is 9.59 Å². The van der Waals surface area contributed by atoms with E-state index in [1.54, 1.807) is 36.6 Å². The van der Waals surface area contributed by atoms with Crippen LogP contribution in [0.15, 0.2) is 84.2 Å². The van der Waals surface area contributed by atoms with Crippen molar-refractivity contribution in [2.45, 2.75) is 58.3 Å². The molecule has 43 heavy (non-hydrogen) atoms. The summed E-state index contributed by atoms with van der Waals surface area (Å²) in [6.45, 7) is 8.13. The zero-order valence-electron chi connectivity index (χ0n) is 25.4. The number of hydrogen-bond donors (Lipinski definition) is 4. The Morgan fingerprint density at radius 3 is 2.21 bits per heavy atom. The molecular weight excluding hydrogens is 558 g/mol. The van der Waals surface area contributed by atoms with Crippen LogP contribution >= 0.6 is 11.3 Å². The normalized spacial score (nSPS) is 13.9. The fraction of sp³-hybridized carbons (Fsp3) is 0.314. The van der Waals surface area contributed by atoms with E-state index in [-0.39, 0.29) is 30.4 Å². The summed E-state index contributed by atoms with van der Waals surface area (Å²) in [7, 11) is 1.63. The summed E-state index contributed by atoms with van der Waals surface area (Å²) in [5.74, 6) is 0.179. The highest BCUT2D eigenvalue weighted by Crippen LogP contribution is 2.24. The molecule has 2 amide bonds. The summed E-state index contributed by atoms with van der Waals surface area (Å²) in [5, 5.41) is 22.8. The van der Waals surface area contributed by atoms with E-state index in [0.29, 0.717) is 17.5 Å². The van der Waals surface area contributed by atoms with E-state index >= 15 is 0 Å². The molecule has 0 radical (unpaired) electrons. The minimum atomic E-state index is -0.875. The number of rotatable bonds is 13. The highest BCUT2D eigenvalue weighted by molar-refractivity contribution is 7.10. The maximum absolute atomic E-state index is 13.6. The van der Waals surface area contributed by atoms with Gasteiger partial charge in [0, 0.05) is 28.6 Å². The molecular formula is C35H41N3O4S. The Bertz CT molecular complexity index is 1520. The largest absolute Gasteiger partial charge is 0.497 e. The molecule has 1 unspecified atom stereocenters. The average Bonchev–Trinajstić information content (AvgIpc) is 3.45. The van der Waals surface area contributed by atoms with Crippen LogP contribution in [-0.4, -0.2) is 42.7 Å². The standard InChI is InChI=1S/C35H41N3O4S/c1-22-16-28(34(40)37-25(4)33-23(2)14-15-43-33)19-29(17-22)35(41)38-31(18-26-10-7-6-8-11-26)32(39)21-36-24(3)27-12-9-13-30(20-27)42-5/h6-17,19-20,24-25,31-32,36,39H,18,21H2,1-5H3,(H,37,40)(H,38,41)/t24-,25?,31+,32-/m1/s1. The molecule has 4 aromatic rings. The Labute approximate surface area is 258 Å². The molecule has 7 nitrogen and oxygen atoms in total. The van der Waals surface area contributed by atoms with E-state index in [0.717, 1.165) is 32.9 Å². The minimum absolute atomic E-state index is 0.0453. The van der Waals surface area contributed by atoms with Crippen LogP contribution in [0.5, 0.6) is 5.75 Å². The number of benzene rings is 3. The first-order valence-electron chi connectivity index (χ1n) is 14.5. The van der Waals surface area contributed by atoms with Crippen LogP contribution in [0.2, 0.25) is 0 Å². The number of carbonyl (C=O) groups is 2. The zero-order chi connectivity index (χ0) is 30.9. The van der Waals surface area contributed by atoms with E-state index in [1.165, 1.54) is 0 Å². The highest BCUT2D eigenvalue weighted by Gasteiger charge is 2.24. The van der Waals surface area contributed by atoms with E-state index in [4.69, 9.17) is 4.74 Å². The van der Waals surface area contributed by atoms with Crippen LogP contribution in [0, 0.1) is 13.8 Å². The van der Waals surface area contributed by atoms with Gasteiger partial charge in [-0.1, -0.05) is 42.5 Å². The number of nitrogens with one attached hydrogen (secondary N) is 3. The van der Waals surface area contributed by atoms with Crippen molar-refractivity contribution in [1.29, 1.82) is 0 Å². The molecule has 0 fully saturated rings. The van der Waals surface area contributed by atoms with Gasteiger partial charge in [-0.05, 0) is 98.1 Å². The molecule has 3 aromatic carbocycles. The van der Waals surface area contributed by atoms with Gasteiger partial charge in [-0.15, -0.1) is 11.3 Å². The predicted molar refractivity (Wildman–Crippen MR) is 173 cm³/mol. The molecule has 0 saturated heterocycles. The first kappa shape index (κ1) is 31.9. The monoisotopic (exact) mass is 599 g/mol. The molecule has 0 aliphatic rings. The van der Waals surface area contributed by atoms with Gasteiger partial charge in [0.25, 0.3) is 11.8 Å². The lowest BCUT2D eigenvalue weighted by Gasteiger charge is -2.26. The Kier molecular flexibility index (Phi) is 11.1. The summed E-state index contributed by atoms with van der Waals surface area (Å²) in [4.78, 5) is 27.8. The second kappa shape index (κ2) is 15.0. The fourth-order valence-corrected chi connectivity index (χ4v) is 6.03. The topological polar surface area (TPSA) is 99.7 Å². The van der Waals surface area contributed by atoms with E-state index in [2.05, 4.69) is 16.0 Å². The van der Waals surface area contributed by atoms with Gasteiger partial charge in [0.05, 0.1) is 25.3 Å². The van der Waals surface area contributed by atoms with Crippen molar-refractivity contribution >= 4 is 23.2 Å². The number of aliphatic hydroxyl groups excluding tert-OH is 1. The number of amides is 2. The van der Waals surface area contributed by atoms with E-state index in [9.17, 15) is 14.7 Å². The lowest BCUT2D eigenvalue weighted by molar-refractivity contribution is 0.0825. The highest BCUT2D eigenvalue weighted by atomic mass is 32.1. The van der Waals surface area contributed by atoms with Crippen molar-refractivity contribution < 1.29 is 19.4 Å². The van der Waals surface area contributed by atoms with Crippen molar-refractivity contribution in [3.8, 4) is 5.75 Å². The predicted octanol–water partition coefficient (Wildman–Crippen LogP) is 5.92. The summed E-state index contributed by atoms with van der Waals surface area (Å²) in [6, 6.07) is 24.0. The number of carbonyl (C=O) groups excluding carboxylic acids is 2. The fourth-order valence-electron chi connectivity index (χ4n) is 5.09. The Morgan fingerprint density at radius 2 is 1.56 bits per heavy atom. The van der Waals surface area contributed by atoms with Crippen molar-refractivity contribution in [2.24, 2.45) is 0 Å². The number of aryl methyl sites for hydroxylation is 2. The van der Waals surface area contributed by atoms with Crippen molar-refractivity contribution in [1.82, 2.24) is 16.0 Å². The van der Waals surface area contributed by atoms with Crippen LogP contribution in [0.1, 0.15) is 73.8 Å². The zero-order valence-corrected chi connectivity index (χ0v) is 26.2. The molecule has 0 spiro atoms. The Balaban J connectivity index is 1.48. The number of methoxy groups -OCH3 is 1. The molecule has 1 heterocycles. The molecule has 0 saturated carbocycles. The molecule has 4 atom stereocenters. The summed E-state index contributed by atoms with van der Waals surface area (Å²) in [6.07, 6.45) is -0.431. The molecule has 226 valence electrons. The third-order valence-electron chi connectivity index (χ3n) is 7.55. The molecule has 0 aliphatic heterocycles.